The van der Waals surface area contributed by atoms with Gasteiger partial charge in [-0.05, 0) is 32.1 Å². The molecule has 0 spiro atoms. The van der Waals surface area contributed by atoms with Gasteiger partial charge in [0.2, 0.25) is 0 Å². The fraction of sp³-hybridized carbons (Fsp3) is 0.750. The third-order valence-corrected chi connectivity index (χ3v) is 3.95. The number of rotatable bonds is 5. The van der Waals surface area contributed by atoms with Gasteiger partial charge in [-0.2, -0.15) is 0 Å². The zero-order valence-electron chi connectivity index (χ0n) is 13.7. The number of aromatic nitrogens is 2. The Morgan fingerprint density at radius 2 is 1.65 bits per heavy atom. The van der Waals surface area contributed by atoms with Gasteiger partial charge < -0.3 is 10.6 Å². The van der Waals surface area contributed by atoms with Gasteiger partial charge in [-0.1, -0.05) is 27.7 Å². The molecular weight excluding hydrogens is 248 g/mol. The Bertz CT molecular complexity index is 484. The quantitative estimate of drug-likeness (QED) is 0.860. The minimum atomic E-state index is -0.0439. The van der Waals surface area contributed by atoms with Crippen molar-refractivity contribution in [3.05, 3.63) is 11.4 Å². The molecule has 1 saturated carbocycles. The molecule has 0 amide bonds. The van der Waals surface area contributed by atoms with E-state index in [1.54, 1.807) is 0 Å². The van der Waals surface area contributed by atoms with Crippen LogP contribution in [0.5, 0.6) is 0 Å². The molecule has 1 heterocycles. The molecule has 0 radical (unpaired) electrons. The molecule has 1 aromatic heterocycles. The third kappa shape index (κ3) is 3.41. The van der Waals surface area contributed by atoms with Crippen LogP contribution < -0.4 is 10.6 Å². The molecule has 0 aliphatic heterocycles. The maximum absolute atomic E-state index is 4.76. The summed E-state index contributed by atoms with van der Waals surface area (Å²) in [6, 6.07) is 0. The highest BCUT2D eigenvalue weighted by molar-refractivity contribution is 5.57. The lowest BCUT2D eigenvalue weighted by Gasteiger charge is -2.22. The second kappa shape index (κ2) is 5.23. The van der Waals surface area contributed by atoms with Crippen LogP contribution in [0.15, 0.2) is 0 Å². The maximum Gasteiger partial charge on any atom is 0.138 e. The van der Waals surface area contributed by atoms with Crippen molar-refractivity contribution < 1.29 is 0 Å². The Kier molecular flexibility index (Phi) is 3.94. The maximum atomic E-state index is 4.76. The lowest BCUT2D eigenvalue weighted by atomic mass is 9.95. The van der Waals surface area contributed by atoms with Gasteiger partial charge >= 0.3 is 0 Å². The normalized spacial score (nSPS) is 16.9. The molecule has 0 unspecified atom stereocenters. The van der Waals surface area contributed by atoms with Crippen molar-refractivity contribution in [3.63, 3.8) is 0 Å². The Hall–Kier alpha value is -1.32. The second-order valence-corrected chi connectivity index (χ2v) is 7.31. The van der Waals surface area contributed by atoms with Gasteiger partial charge in [-0.25, -0.2) is 9.97 Å². The SMILES string of the molecule is CCNc1nc(C(C)(C)C)nc(NCC2(C)CC2)c1C. The Balaban J connectivity index is 2.29. The van der Waals surface area contributed by atoms with E-state index in [1.807, 2.05) is 0 Å². The summed E-state index contributed by atoms with van der Waals surface area (Å²) in [4.78, 5) is 9.45. The Morgan fingerprint density at radius 1 is 1.10 bits per heavy atom. The first-order valence-electron chi connectivity index (χ1n) is 7.62. The molecule has 0 aromatic carbocycles. The van der Waals surface area contributed by atoms with Crippen molar-refractivity contribution in [2.45, 2.75) is 59.8 Å². The monoisotopic (exact) mass is 276 g/mol. The summed E-state index contributed by atoms with van der Waals surface area (Å²) in [6.45, 7) is 14.8. The standard InChI is InChI=1S/C16H28N4/c1-7-17-12-11(2)13(18-10-16(6)8-9-16)20-14(19-12)15(3,4)5/h7-10H2,1-6H3,(H2,17,18,19,20). The van der Waals surface area contributed by atoms with E-state index in [0.717, 1.165) is 36.1 Å². The molecule has 112 valence electrons. The van der Waals surface area contributed by atoms with Crippen molar-refractivity contribution in [1.82, 2.24) is 9.97 Å². The van der Waals surface area contributed by atoms with E-state index in [4.69, 9.17) is 9.97 Å². The predicted octanol–water partition coefficient (Wildman–Crippen LogP) is 3.73. The zero-order chi connectivity index (χ0) is 15.0. The van der Waals surface area contributed by atoms with Crippen molar-refractivity contribution >= 4 is 11.6 Å². The number of anilines is 2. The van der Waals surface area contributed by atoms with E-state index in [0.29, 0.717) is 5.41 Å². The molecule has 0 atom stereocenters. The van der Waals surface area contributed by atoms with Crippen molar-refractivity contribution in [3.8, 4) is 0 Å². The van der Waals surface area contributed by atoms with Crippen molar-refractivity contribution in [2.24, 2.45) is 5.41 Å². The molecule has 1 aromatic rings. The molecule has 2 N–H and O–H groups in total. The summed E-state index contributed by atoms with van der Waals surface area (Å²) < 4.78 is 0. The average molecular weight is 276 g/mol. The Morgan fingerprint density at radius 3 is 2.10 bits per heavy atom. The van der Waals surface area contributed by atoms with Gasteiger partial charge in [0.25, 0.3) is 0 Å². The summed E-state index contributed by atoms with van der Waals surface area (Å²) in [5.41, 5.74) is 1.54. The van der Waals surface area contributed by atoms with E-state index in [-0.39, 0.29) is 5.41 Å². The molecule has 1 aliphatic carbocycles. The predicted molar refractivity (Wildman–Crippen MR) is 85.5 cm³/mol. The van der Waals surface area contributed by atoms with Gasteiger partial charge in [0.05, 0.1) is 0 Å². The van der Waals surface area contributed by atoms with Crippen LogP contribution in [0.3, 0.4) is 0 Å². The molecular formula is C16H28N4. The molecule has 2 rings (SSSR count). The van der Waals surface area contributed by atoms with Crippen LogP contribution in [0.25, 0.3) is 0 Å². The van der Waals surface area contributed by atoms with Crippen molar-refractivity contribution in [2.75, 3.05) is 23.7 Å². The van der Waals surface area contributed by atoms with E-state index in [2.05, 4.69) is 52.2 Å². The summed E-state index contributed by atoms with van der Waals surface area (Å²) in [7, 11) is 0. The topological polar surface area (TPSA) is 49.8 Å². The smallest absolute Gasteiger partial charge is 0.138 e. The largest absolute Gasteiger partial charge is 0.370 e. The third-order valence-electron chi connectivity index (χ3n) is 3.95. The molecule has 0 bridgehead atoms. The van der Waals surface area contributed by atoms with E-state index in [1.165, 1.54) is 12.8 Å². The highest BCUT2D eigenvalue weighted by Crippen LogP contribution is 2.44. The van der Waals surface area contributed by atoms with Crippen LogP contribution in [0.2, 0.25) is 0 Å². The summed E-state index contributed by atoms with van der Waals surface area (Å²) in [5.74, 6) is 2.83. The number of hydrogen-bond acceptors (Lipinski definition) is 4. The average Bonchev–Trinajstić information content (AvgIpc) is 3.08. The van der Waals surface area contributed by atoms with Crippen LogP contribution in [-0.4, -0.2) is 23.1 Å². The Labute approximate surface area is 122 Å². The lowest BCUT2D eigenvalue weighted by Crippen LogP contribution is -2.21. The molecule has 0 saturated heterocycles. The minimum absolute atomic E-state index is 0.0439. The van der Waals surface area contributed by atoms with E-state index in [9.17, 15) is 0 Å². The summed E-state index contributed by atoms with van der Waals surface area (Å²) in [5, 5.41) is 6.89. The van der Waals surface area contributed by atoms with Crippen LogP contribution in [0.4, 0.5) is 11.6 Å². The van der Waals surface area contributed by atoms with Gasteiger partial charge in [-0.15, -0.1) is 0 Å². The molecule has 1 aliphatic rings. The highest BCUT2D eigenvalue weighted by atomic mass is 15.1. The summed E-state index contributed by atoms with van der Waals surface area (Å²) >= 11 is 0. The first-order chi connectivity index (χ1) is 9.25. The number of nitrogens with one attached hydrogen (secondary N) is 2. The number of hydrogen-bond donors (Lipinski definition) is 2. The summed E-state index contributed by atoms with van der Waals surface area (Å²) in [6.07, 6.45) is 2.63. The van der Waals surface area contributed by atoms with Crippen LogP contribution in [0.1, 0.15) is 58.8 Å². The van der Waals surface area contributed by atoms with Crippen molar-refractivity contribution in [1.29, 1.82) is 0 Å². The van der Waals surface area contributed by atoms with Crippen LogP contribution >= 0.6 is 0 Å². The van der Waals surface area contributed by atoms with Crippen LogP contribution in [0, 0.1) is 12.3 Å². The molecule has 4 nitrogen and oxygen atoms in total. The lowest BCUT2D eigenvalue weighted by molar-refractivity contribution is 0.544. The zero-order valence-corrected chi connectivity index (χ0v) is 13.7. The fourth-order valence-corrected chi connectivity index (χ4v) is 2.05. The van der Waals surface area contributed by atoms with Gasteiger partial charge in [0.15, 0.2) is 0 Å². The van der Waals surface area contributed by atoms with E-state index < -0.39 is 0 Å². The molecule has 20 heavy (non-hydrogen) atoms. The van der Waals surface area contributed by atoms with Gasteiger partial charge in [-0.3, -0.25) is 0 Å². The first-order valence-corrected chi connectivity index (χ1v) is 7.62. The van der Waals surface area contributed by atoms with E-state index >= 15 is 0 Å². The minimum Gasteiger partial charge on any atom is -0.370 e. The van der Waals surface area contributed by atoms with Crippen LogP contribution in [-0.2, 0) is 5.41 Å². The van der Waals surface area contributed by atoms with Gasteiger partial charge in [0.1, 0.15) is 17.5 Å². The fourth-order valence-electron chi connectivity index (χ4n) is 2.05. The number of nitrogens with zero attached hydrogens (tertiary/aromatic N) is 2. The molecule has 4 heteroatoms. The van der Waals surface area contributed by atoms with Gasteiger partial charge in [0, 0.05) is 24.1 Å². The highest BCUT2D eigenvalue weighted by Gasteiger charge is 2.37. The first kappa shape index (κ1) is 15.1. The molecule has 1 fully saturated rings. The second-order valence-electron chi connectivity index (χ2n) is 7.31.